The highest BCUT2D eigenvalue weighted by atomic mass is 19.4. The molecule has 26 heavy (non-hydrogen) atoms. The van der Waals surface area contributed by atoms with Crippen LogP contribution in [0.2, 0.25) is 0 Å². The van der Waals surface area contributed by atoms with Crippen molar-refractivity contribution in [2.75, 3.05) is 0 Å². The summed E-state index contributed by atoms with van der Waals surface area (Å²) in [6.45, 7) is 0.131. The molecule has 1 aromatic heterocycles. The maximum absolute atomic E-state index is 13.2. The van der Waals surface area contributed by atoms with Gasteiger partial charge in [-0.15, -0.1) is 0 Å². The molecule has 1 atom stereocenters. The fourth-order valence-electron chi connectivity index (χ4n) is 2.63. The zero-order chi connectivity index (χ0) is 18.6. The molecule has 0 aliphatic heterocycles. The number of nitrogens with zero attached hydrogens (tertiary/aromatic N) is 2. The zero-order valence-electron chi connectivity index (χ0n) is 13.7. The maximum atomic E-state index is 13.2. The van der Waals surface area contributed by atoms with Crippen molar-refractivity contribution in [2.24, 2.45) is 0 Å². The Morgan fingerprint density at radius 3 is 2.42 bits per heavy atom. The summed E-state index contributed by atoms with van der Waals surface area (Å²) in [5.41, 5.74) is 0.00261. The molecule has 0 radical (unpaired) electrons. The first-order valence-electron chi connectivity index (χ1n) is 7.91. The Kier molecular flexibility index (Phi) is 5.37. The van der Waals surface area contributed by atoms with E-state index in [1.165, 1.54) is 30.3 Å². The Hall–Kier alpha value is -2.67. The van der Waals surface area contributed by atoms with Crippen LogP contribution in [0.25, 0.3) is 0 Å². The smallest absolute Gasteiger partial charge is 0.367 e. The number of imidazole rings is 1. The second-order valence-electron chi connectivity index (χ2n) is 5.77. The van der Waals surface area contributed by atoms with E-state index in [2.05, 4.69) is 4.98 Å². The van der Waals surface area contributed by atoms with Crippen LogP contribution in [0, 0.1) is 5.82 Å². The first-order chi connectivity index (χ1) is 12.4. The molecule has 0 amide bonds. The number of alkyl halides is 3. The molecule has 0 aliphatic carbocycles. The number of aromatic nitrogens is 2. The second-order valence-corrected chi connectivity index (χ2v) is 5.77. The van der Waals surface area contributed by atoms with Gasteiger partial charge in [0.05, 0.1) is 25.0 Å². The van der Waals surface area contributed by atoms with Crippen molar-refractivity contribution in [1.82, 2.24) is 9.55 Å². The van der Waals surface area contributed by atoms with E-state index in [1.807, 2.05) is 0 Å². The molecule has 3 aromatic rings. The van der Waals surface area contributed by atoms with Crippen LogP contribution in [0.5, 0.6) is 0 Å². The van der Waals surface area contributed by atoms with Crippen LogP contribution in [0.3, 0.4) is 0 Å². The molecule has 1 unspecified atom stereocenters. The highest BCUT2D eigenvalue weighted by molar-refractivity contribution is 5.29. The molecule has 136 valence electrons. The molecular formula is C19H16F4N2O. The number of ether oxygens (including phenoxy) is 1. The monoisotopic (exact) mass is 364 g/mol. The molecule has 0 spiro atoms. The van der Waals surface area contributed by atoms with Gasteiger partial charge >= 0.3 is 6.18 Å². The van der Waals surface area contributed by atoms with Gasteiger partial charge in [0.25, 0.3) is 0 Å². The van der Waals surface area contributed by atoms with Gasteiger partial charge in [0.15, 0.2) is 0 Å². The minimum absolute atomic E-state index is 0.0535. The maximum Gasteiger partial charge on any atom is 0.416 e. The predicted octanol–water partition coefficient (Wildman–Crippen LogP) is 5.00. The van der Waals surface area contributed by atoms with Crippen LogP contribution in [0.1, 0.15) is 22.8 Å². The normalized spacial score (nSPS) is 12.9. The van der Waals surface area contributed by atoms with E-state index in [0.29, 0.717) is 12.1 Å². The van der Waals surface area contributed by atoms with Gasteiger partial charge in [-0.25, -0.2) is 9.37 Å². The van der Waals surface area contributed by atoms with E-state index < -0.39 is 23.7 Å². The molecule has 3 rings (SSSR count). The Morgan fingerprint density at radius 2 is 1.77 bits per heavy atom. The number of benzene rings is 2. The fraction of sp³-hybridized carbons (Fsp3) is 0.211. The van der Waals surface area contributed by atoms with Crippen LogP contribution in [-0.2, 0) is 24.1 Å². The summed E-state index contributed by atoms with van der Waals surface area (Å²) in [5, 5.41) is 0. The topological polar surface area (TPSA) is 27.1 Å². The van der Waals surface area contributed by atoms with Crippen LogP contribution in [0.4, 0.5) is 17.6 Å². The molecular weight excluding hydrogens is 348 g/mol. The first-order valence-corrected chi connectivity index (χ1v) is 7.91. The van der Waals surface area contributed by atoms with E-state index in [4.69, 9.17) is 4.74 Å². The number of hydrogen-bond donors (Lipinski definition) is 0. The van der Waals surface area contributed by atoms with E-state index >= 15 is 0 Å². The van der Waals surface area contributed by atoms with E-state index in [0.717, 1.165) is 6.07 Å². The molecule has 0 saturated heterocycles. The van der Waals surface area contributed by atoms with Gasteiger partial charge in [0.2, 0.25) is 0 Å². The Labute approximate surface area is 147 Å². The van der Waals surface area contributed by atoms with Gasteiger partial charge in [-0.3, -0.25) is 0 Å². The molecule has 7 heteroatoms. The van der Waals surface area contributed by atoms with Crippen LogP contribution in [0.15, 0.2) is 67.3 Å². The summed E-state index contributed by atoms with van der Waals surface area (Å²) in [4.78, 5) is 3.95. The van der Waals surface area contributed by atoms with Crippen LogP contribution < -0.4 is 0 Å². The van der Waals surface area contributed by atoms with Crippen LogP contribution >= 0.6 is 0 Å². The first kappa shape index (κ1) is 18.1. The second kappa shape index (κ2) is 7.70. The molecule has 0 bridgehead atoms. The summed E-state index contributed by atoms with van der Waals surface area (Å²) in [7, 11) is 0. The fourth-order valence-corrected chi connectivity index (χ4v) is 2.63. The lowest BCUT2D eigenvalue weighted by Gasteiger charge is -2.20. The van der Waals surface area contributed by atoms with Gasteiger partial charge < -0.3 is 9.30 Å². The van der Waals surface area contributed by atoms with Gasteiger partial charge in [0.1, 0.15) is 11.9 Å². The minimum atomic E-state index is -4.45. The SMILES string of the molecule is Fc1ccc(C(Cn2ccnc2)OCc2ccccc2C(F)(F)F)cc1. The zero-order valence-corrected chi connectivity index (χ0v) is 13.7. The van der Waals surface area contributed by atoms with Crippen LogP contribution in [-0.4, -0.2) is 9.55 Å². The van der Waals surface area contributed by atoms with Crippen molar-refractivity contribution >= 4 is 0 Å². The predicted molar refractivity (Wildman–Crippen MR) is 87.6 cm³/mol. The van der Waals surface area contributed by atoms with Crippen molar-refractivity contribution < 1.29 is 22.3 Å². The third-order valence-corrected chi connectivity index (χ3v) is 3.94. The van der Waals surface area contributed by atoms with Gasteiger partial charge in [-0.05, 0) is 29.3 Å². The molecule has 2 aromatic carbocycles. The Morgan fingerprint density at radius 1 is 1.04 bits per heavy atom. The molecule has 0 fully saturated rings. The van der Waals surface area contributed by atoms with Crippen molar-refractivity contribution in [1.29, 1.82) is 0 Å². The van der Waals surface area contributed by atoms with E-state index in [-0.39, 0.29) is 12.2 Å². The van der Waals surface area contributed by atoms with Crippen molar-refractivity contribution in [3.63, 3.8) is 0 Å². The average molecular weight is 364 g/mol. The third-order valence-electron chi connectivity index (χ3n) is 3.94. The van der Waals surface area contributed by atoms with Gasteiger partial charge in [-0.1, -0.05) is 30.3 Å². The minimum Gasteiger partial charge on any atom is -0.367 e. The summed E-state index contributed by atoms with van der Waals surface area (Å²) in [5.74, 6) is -0.391. The lowest BCUT2D eigenvalue weighted by Crippen LogP contribution is -2.14. The standard InChI is InChI=1S/C19H16F4N2O/c20-16-7-5-14(6-8-16)18(11-25-10-9-24-13-25)26-12-15-3-1-2-4-17(15)19(21,22)23/h1-10,13,18H,11-12H2. The highest BCUT2D eigenvalue weighted by Gasteiger charge is 2.33. The number of halogens is 4. The average Bonchev–Trinajstić information content (AvgIpc) is 3.12. The van der Waals surface area contributed by atoms with Crippen molar-refractivity contribution in [3.8, 4) is 0 Å². The third kappa shape index (κ3) is 4.49. The molecule has 3 nitrogen and oxygen atoms in total. The van der Waals surface area contributed by atoms with E-state index in [1.54, 1.807) is 35.4 Å². The van der Waals surface area contributed by atoms with Crippen molar-refractivity contribution in [2.45, 2.75) is 25.4 Å². The molecule has 0 N–H and O–H groups in total. The largest absolute Gasteiger partial charge is 0.416 e. The van der Waals surface area contributed by atoms with E-state index in [9.17, 15) is 17.6 Å². The van der Waals surface area contributed by atoms with Gasteiger partial charge in [0, 0.05) is 12.4 Å². The summed E-state index contributed by atoms with van der Waals surface area (Å²) in [6.07, 6.45) is -0.0882. The molecule has 0 aliphatic rings. The highest BCUT2D eigenvalue weighted by Crippen LogP contribution is 2.33. The Balaban J connectivity index is 1.81. The summed E-state index contributed by atoms with van der Waals surface area (Å²) < 4.78 is 60.1. The van der Waals surface area contributed by atoms with Gasteiger partial charge in [-0.2, -0.15) is 13.2 Å². The number of hydrogen-bond acceptors (Lipinski definition) is 2. The molecule has 0 saturated carbocycles. The summed E-state index contributed by atoms with van der Waals surface area (Å²) >= 11 is 0. The molecule has 1 heterocycles. The lowest BCUT2D eigenvalue weighted by molar-refractivity contribution is -0.139. The van der Waals surface area contributed by atoms with Crippen molar-refractivity contribution in [3.05, 3.63) is 89.8 Å². The number of rotatable bonds is 6. The summed E-state index contributed by atoms with van der Waals surface area (Å²) in [6, 6.07) is 11.0. The quantitative estimate of drug-likeness (QED) is 0.576. The Bertz CT molecular complexity index is 830. The lowest BCUT2D eigenvalue weighted by atomic mass is 10.1.